The van der Waals surface area contributed by atoms with Crippen molar-refractivity contribution in [1.29, 1.82) is 0 Å². The first-order valence-corrected chi connectivity index (χ1v) is 17.5. The largest absolute Gasteiger partial charge is 0.446 e. The van der Waals surface area contributed by atoms with Crippen molar-refractivity contribution in [2.45, 2.75) is 138 Å². The van der Waals surface area contributed by atoms with Gasteiger partial charge in [-0.25, -0.2) is 24.9 Å². The average molecular weight is 668 g/mol. The molecular weight excluding hydrogens is 603 g/mol. The second-order valence-corrected chi connectivity index (χ2v) is 10.3. The SMILES string of the molecule is CC.CC.CC.CC.CC.Cc1cnc(C)o1.Cc1cnc(C)s1.Cc1cnc(C)s1.Cc1n[nH]c(C)n1.Cc1n[nH]c(C)n1. The third-order valence-corrected chi connectivity index (χ3v) is 5.28. The smallest absolute Gasteiger partial charge is 0.191 e. The second-order valence-electron chi connectivity index (χ2n) is 7.41. The Balaban J connectivity index is -0.000000138. The van der Waals surface area contributed by atoms with E-state index in [-0.39, 0.29) is 0 Å². The third-order valence-electron chi connectivity index (χ3n) is 3.63. The lowest BCUT2D eigenvalue weighted by Gasteiger charge is -1.73. The van der Waals surface area contributed by atoms with Gasteiger partial charge in [0.15, 0.2) is 5.89 Å². The van der Waals surface area contributed by atoms with Gasteiger partial charge in [0, 0.05) is 29.1 Å². The Kier molecular flexibility index (Phi) is 42.1. The van der Waals surface area contributed by atoms with Gasteiger partial charge >= 0.3 is 0 Å². The first-order valence-electron chi connectivity index (χ1n) is 15.8. The van der Waals surface area contributed by atoms with Crippen LogP contribution in [0.5, 0.6) is 0 Å². The summed E-state index contributed by atoms with van der Waals surface area (Å²) in [6.07, 6.45) is 5.48. The summed E-state index contributed by atoms with van der Waals surface area (Å²) in [5, 5.41) is 15.3. The van der Waals surface area contributed by atoms with E-state index in [1.807, 2.05) is 137 Å². The zero-order valence-corrected chi connectivity index (χ0v) is 33.7. The highest BCUT2D eigenvalue weighted by Gasteiger charge is 1.89. The zero-order valence-electron chi connectivity index (χ0n) is 32.1. The van der Waals surface area contributed by atoms with Crippen LogP contribution in [0.4, 0.5) is 0 Å². The Bertz CT molecular complexity index is 934. The van der Waals surface area contributed by atoms with Crippen LogP contribution in [0.15, 0.2) is 23.0 Å². The molecule has 0 atom stereocenters. The van der Waals surface area contributed by atoms with Crippen molar-refractivity contribution < 1.29 is 4.42 Å². The molecule has 45 heavy (non-hydrogen) atoms. The van der Waals surface area contributed by atoms with Crippen molar-refractivity contribution in [2.24, 2.45) is 0 Å². The molecule has 12 heteroatoms. The third kappa shape index (κ3) is 35.1. The van der Waals surface area contributed by atoms with Crippen molar-refractivity contribution in [1.82, 2.24) is 45.3 Å². The molecule has 0 aromatic carbocycles. The second kappa shape index (κ2) is 36.9. The lowest BCUT2D eigenvalue weighted by molar-refractivity contribution is 0.494. The van der Waals surface area contributed by atoms with Gasteiger partial charge in [-0.2, -0.15) is 10.2 Å². The van der Waals surface area contributed by atoms with Crippen molar-refractivity contribution in [3.8, 4) is 0 Å². The summed E-state index contributed by atoms with van der Waals surface area (Å²) in [5.74, 6) is 4.96. The van der Waals surface area contributed by atoms with Gasteiger partial charge in [0.05, 0.1) is 16.2 Å². The predicted molar refractivity (Wildman–Crippen MR) is 198 cm³/mol. The first-order chi connectivity index (χ1) is 21.4. The van der Waals surface area contributed by atoms with Gasteiger partial charge in [-0.1, -0.05) is 69.2 Å². The summed E-state index contributed by atoms with van der Waals surface area (Å²) < 4.78 is 4.97. The van der Waals surface area contributed by atoms with E-state index in [2.05, 4.69) is 59.2 Å². The fourth-order valence-electron chi connectivity index (χ4n) is 2.31. The van der Waals surface area contributed by atoms with Gasteiger partial charge in [-0.15, -0.1) is 22.7 Å². The molecule has 0 saturated carbocycles. The first kappa shape index (κ1) is 51.3. The number of H-pyrrole nitrogens is 2. The van der Waals surface area contributed by atoms with Crippen molar-refractivity contribution in [2.75, 3.05) is 0 Å². The molecule has 5 aromatic heterocycles. The lowest BCUT2D eigenvalue weighted by Crippen LogP contribution is -1.70. The van der Waals surface area contributed by atoms with Gasteiger partial charge in [-0.3, -0.25) is 10.2 Å². The molecule has 0 aliphatic rings. The van der Waals surface area contributed by atoms with Crippen LogP contribution in [0.3, 0.4) is 0 Å². The Morgan fingerprint density at radius 2 is 0.822 bits per heavy atom. The van der Waals surface area contributed by atoms with Gasteiger partial charge in [0.1, 0.15) is 29.1 Å². The Morgan fingerprint density at radius 3 is 0.889 bits per heavy atom. The quantitative estimate of drug-likeness (QED) is 0.166. The minimum Gasteiger partial charge on any atom is -0.446 e. The number of aromatic nitrogens is 9. The maximum Gasteiger partial charge on any atom is 0.191 e. The molecular formula is C33H65N9OS2. The van der Waals surface area contributed by atoms with Crippen LogP contribution >= 0.6 is 22.7 Å². The molecule has 5 aromatic rings. The number of aryl methyl sites for hydroxylation is 10. The minimum atomic E-state index is 0.734. The van der Waals surface area contributed by atoms with Crippen LogP contribution in [0.25, 0.3) is 0 Å². The van der Waals surface area contributed by atoms with Crippen LogP contribution in [-0.4, -0.2) is 45.3 Å². The van der Waals surface area contributed by atoms with Gasteiger partial charge in [0.2, 0.25) is 0 Å². The molecule has 0 spiro atoms. The number of thiazole rings is 2. The van der Waals surface area contributed by atoms with Crippen molar-refractivity contribution in [3.63, 3.8) is 0 Å². The van der Waals surface area contributed by atoms with E-state index in [1.54, 1.807) is 28.9 Å². The Hall–Kier alpha value is -3.25. The number of oxazole rings is 1. The van der Waals surface area contributed by atoms with Gasteiger partial charge in [-0.05, 0) is 62.3 Å². The van der Waals surface area contributed by atoms with Crippen molar-refractivity contribution in [3.05, 3.63) is 73.3 Å². The highest BCUT2D eigenvalue weighted by atomic mass is 32.1. The average Bonchev–Trinajstić information content (AvgIpc) is 3.89. The molecule has 2 N–H and O–H groups in total. The standard InChI is InChI=1S/C5H7NO.2C5H7NS.2C4H7N3.5C2H6/c3*1-4-3-6-5(2)7-4;2*1-3-5-4(2)7-6-3;5*1-2/h3*3H,1-2H3;2*1-2H3,(H,5,6,7);5*1-2H3. The highest BCUT2D eigenvalue weighted by molar-refractivity contribution is 7.11. The fraction of sp³-hybridized carbons (Fsp3) is 0.606. The molecule has 0 amide bonds. The van der Waals surface area contributed by atoms with Crippen molar-refractivity contribution >= 4 is 22.7 Å². The molecule has 0 aliphatic heterocycles. The molecule has 0 unspecified atom stereocenters. The number of nitrogens with zero attached hydrogens (tertiary/aromatic N) is 7. The summed E-state index contributed by atoms with van der Waals surface area (Å²) in [6.45, 7) is 39.3. The zero-order chi connectivity index (χ0) is 36.4. The van der Waals surface area contributed by atoms with Crippen LogP contribution < -0.4 is 0 Å². The molecule has 0 saturated heterocycles. The summed E-state index contributed by atoms with van der Waals surface area (Å²) in [6, 6.07) is 0. The van der Waals surface area contributed by atoms with E-state index in [0.717, 1.165) is 45.0 Å². The number of nitrogens with one attached hydrogen (secondary N) is 2. The molecule has 10 nitrogen and oxygen atoms in total. The molecule has 0 fully saturated rings. The monoisotopic (exact) mass is 667 g/mol. The van der Waals surface area contributed by atoms with Crippen LogP contribution in [0, 0.1) is 69.2 Å². The van der Waals surface area contributed by atoms with Gasteiger partial charge < -0.3 is 4.42 Å². The molecule has 0 radical (unpaired) electrons. The minimum absolute atomic E-state index is 0.734. The normalized spacial score (nSPS) is 8.00. The highest BCUT2D eigenvalue weighted by Crippen LogP contribution is 2.08. The molecule has 0 bridgehead atoms. The number of rotatable bonds is 0. The number of aromatic amines is 2. The fourth-order valence-corrected chi connectivity index (χ4v) is 3.67. The van der Waals surface area contributed by atoms with E-state index >= 15 is 0 Å². The van der Waals surface area contributed by atoms with E-state index in [4.69, 9.17) is 4.42 Å². The number of hydrogen-bond donors (Lipinski definition) is 2. The van der Waals surface area contributed by atoms with Crippen LogP contribution in [0.2, 0.25) is 0 Å². The predicted octanol–water partition coefficient (Wildman–Crippen LogP) is 10.8. The van der Waals surface area contributed by atoms with Crippen LogP contribution in [-0.2, 0) is 0 Å². The molecule has 0 aliphatic carbocycles. The summed E-state index contributed by atoms with van der Waals surface area (Å²) >= 11 is 3.46. The van der Waals surface area contributed by atoms with E-state index in [0.29, 0.717) is 0 Å². The lowest BCUT2D eigenvalue weighted by atomic mass is 10.6. The molecule has 5 rings (SSSR count). The van der Waals surface area contributed by atoms with E-state index < -0.39 is 0 Å². The summed E-state index contributed by atoms with van der Waals surface area (Å²) in [5.41, 5.74) is 0. The van der Waals surface area contributed by atoms with E-state index in [9.17, 15) is 0 Å². The molecule has 260 valence electrons. The Labute approximate surface area is 283 Å². The topological polar surface area (TPSA) is 135 Å². The maximum atomic E-state index is 4.97. The maximum absolute atomic E-state index is 4.97. The number of hydrogen-bond acceptors (Lipinski definition) is 10. The Morgan fingerprint density at radius 1 is 0.489 bits per heavy atom. The van der Waals surface area contributed by atoms with Crippen LogP contribution in [0.1, 0.15) is 124 Å². The summed E-state index contributed by atoms with van der Waals surface area (Å²) in [7, 11) is 0. The summed E-state index contributed by atoms with van der Waals surface area (Å²) in [4.78, 5) is 22.4. The van der Waals surface area contributed by atoms with E-state index in [1.165, 1.54) is 9.75 Å². The van der Waals surface area contributed by atoms with Gasteiger partial charge in [0.25, 0.3) is 0 Å². The molecule has 5 heterocycles.